The predicted molar refractivity (Wildman–Crippen MR) is 113 cm³/mol. The van der Waals surface area contributed by atoms with Crippen LogP contribution in [0, 0.1) is 0 Å². The van der Waals surface area contributed by atoms with E-state index in [9.17, 15) is 9.59 Å². The van der Waals surface area contributed by atoms with Gasteiger partial charge in [0, 0.05) is 17.5 Å². The Bertz CT molecular complexity index is 1010. The molecule has 0 N–H and O–H groups in total. The Morgan fingerprint density at radius 3 is 2.52 bits per heavy atom. The molecule has 0 radical (unpaired) electrons. The van der Waals surface area contributed by atoms with Crippen molar-refractivity contribution in [2.24, 2.45) is 0 Å². The summed E-state index contributed by atoms with van der Waals surface area (Å²) in [4.78, 5) is 23.8. The van der Waals surface area contributed by atoms with E-state index in [2.05, 4.69) is 0 Å². The van der Waals surface area contributed by atoms with Crippen molar-refractivity contribution in [1.82, 2.24) is 0 Å². The molecule has 164 valence electrons. The number of ether oxygens (including phenoxy) is 5. The number of cyclic esters (lactones) is 1. The van der Waals surface area contributed by atoms with Gasteiger partial charge in [0.2, 0.25) is 5.75 Å². The number of fused-ring (bicyclic) bond motifs is 1. The van der Waals surface area contributed by atoms with Gasteiger partial charge in [-0.25, -0.2) is 4.79 Å². The van der Waals surface area contributed by atoms with Crippen LogP contribution in [-0.4, -0.2) is 38.4 Å². The molecule has 1 aliphatic heterocycles. The van der Waals surface area contributed by atoms with Crippen molar-refractivity contribution in [3.05, 3.63) is 41.5 Å². The Hall–Kier alpha value is -3.22. The zero-order chi connectivity index (χ0) is 22.0. The molecule has 2 aromatic rings. The van der Waals surface area contributed by atoms with Gasteiger partial charge in [0.25, 0.3) is 0 Å². The fourth-order valence-corrected chi connectivity index (χ4v) is 3.69. The zero-order valence-electron chi connectivity index (χ0n) is 18.0. The minimum atomic E-state index is -0.587. The van der Waals surface area contributed by atoms with Crippen molar-refractivity contribution in [3.63, 3.8) is 0 Å². The van der Waals surface area contributed by atoms with E-state index in [0.29, 0.717) is 29.2 Å². The fraction of sp³-hybridized carbons (Fsp3) is 0.417. The van der Waals surface area contributed by atoms with Crippen LogP contribution in [0.3, 0.4) is 0 Å². The van der Waals surface area contributed by atoms with Gasteiger partial charge in [-0.1, -0.05) is 13.0 Å². The second kappa shape index (κ2) is 8.49. The standard InChI is InChI=1S/C24H26O7/c1-4-5-20(25)31-24(10-11-24)14-30-21-17(8-9-19(27-2)22(21)28-3)15-6-7-18-16(12-15)13-29-23(18)26/h6-9,12H,4-5,10-11,13-14H2,1-3H3. The summed E-state index contributed by atoms with van der Waals surface area (Å²) in [6.45, 7) is 2.42. The highest BCUT2D eigenvalue weighted by Crippen LogP contribution is 2.47. The molecule has 1 fully saturated rings. The fourth-order valence-electron chi connectivity index (χ4n) is 3.69. The van der Waals surface area contributed by atoms with E-state index in [-0.39, 0.29) is 25.2 Å². The van der Waals surface area contributed by atoms with Gasteiger partial charge in [0.1, 0.15) is 18.8 Å². The molecule has 2 aromatic carbocycles. The second-order valence-corrected chi connectivity index (χ2v) is 7.82. The maximum absolute atomic E-state index is 12.0. The van der Waals surface area contributed by atoms with Crippen LogP contribution in [0.15, 0.2) is 30.3 Å². The quantitative estimate of drug-likeness (QED) is 0.553. The van der Waals surface area contributed by atoms with Gasteiger partial charge in [-0.2, -0.15) is 0 Å². The van der Waals surface area contributed by atoms with Crippen LogP contribution in [0.2, 0.25) is 0 Å². The summed E-state index contributed by atoms with van der Waals surface area (Å²) in [5.41, 5.74) is 2.47. The lowest BCUT2D eigenvalue weighted by Crippen LogP contribution is -2.27. The Kier molecular flexibility index (Phi) is 5.76. The molecular formula is C24H26O7. The molecular weight excluding hydrogens is 400 g/mol. The number of methoxy groups -OCH3 is 2. The van der Waals surface area contributed by atoms with Gasteiger partial charge in [0.05, 0.1) is 19.8 Å². The highest BCUT2D eigenvalue weighted by molar-refractivity contribution is 5.94. The minimum Gasteiger partial charge on any atom is -0.493 e. The second-order valence-electron chi connectivity index (χ2n) is 7.82. The van der Waals surface area contributed by atoms with E-state index < -0.39 is 5.60 Å². The predicted octanol–water partition coefficient (Wildman–Crippen LogP) is 4.30. The van der Waals surface area contributed by atoms with Crippen molar-refractivity contribution in [3.8, 4) is 28.4 Å². The van der Waals surface area contributed by atoms with Crippen LogP contribution in [0.25, 0.3) is 11.1 Å². The third-order valence-electron chi connectivity index (χ3n) is 5.57. The number of rotatable bonds is 9. The van der Waals surface area contributed by atoms with Crippen LogP contribution in [0.4, 0.5) is 0 Å². The van der Waals surface area contributed by atoms with Crippen molar-refractivity contribution in [2.75, 3.05) is 20.8 Å². The third-order valence-corrected chi connectivity index (χ3v) is 5.57. The Morgan fingerprint density at radius 1 is 1.06 bits per heavy atom. The first kappa shape index (κ1) is 21.0. The van der Waals surface area contributed by atoms with Crippen LogP contribution in [0.1, 0.15) is 48.5 Å². The Labute approximate surface area is 181 Å². The van der Waals surface area contributed by atoms with Crippen molar-refractivity contribution in [2.45, 2.75) is 44.8 Å². The van der Waals surface area contributed by atoms with E-state index in [1.807, 2.05) is 31.2 Å². The van der Waals surface area contributed by atoms with Crippen molar-refractivity contribution < 1.29 is 33.3 Å². The Balaban J connectivity index is 1.66. The smallest absolute Gasteiger partial charge is 0.338 e. The average Bonchev–Trinajstić information content (AvgIpc) is 3.44. The van der Waals surface area contributed by atoms with Crippen molar-refractivity contribution in [1.29, 1.82) is 0 Å². The van der Waals surface area contributed by atoms with E-state index in [0.717, 1.165) is 36.0 Å². The van der Waals surface area contributed by atoms with Gasteiger partial charge in [-0.15, -0.1) is 0 Å². The van der Waals surface area contributed by atoms with E-state index in [1.165, 1.54) is 0 Å². The molecule has 0 amide bonds. The summed E-state index contributed by atoms with van der Waals surface area (Å²) < 4.78 is 28.1. The molecule has 0 spiro atoms. The molecule has 7 nitrogen and oxygen atoms in total. The molecule has 1 aliphatic carbocycles. The lowest BCUT2D eigenvalue weighted by atomic mass is 9.99. The monoisotopic (exact) mass is 426 g/mol. The number of benzene rings is 2. The van der Waals surface area contributed by atoms with Gasteiger partial charge in [-0.05, 0) is 49.1 Å². The lowest BCUT2D eigenvalue weighted by molar-refractivity contribution is -0.153. The number of carbonyl (C=O) groups excluding carboxylic acids is 2. The summed E-state index contributed by atoms with van der Waals surface area (Å²) in [6.07, 6.45) is 2.67. The highest BCUT2D eigenvalue weighted by atomic mass is 16.6. The van der Waals surface area contributed by atoms with Gasteiger partial charge < -0.3 is 23.7 Å². The highest BCUT2D eigenvalue weighted by Gasteiger charge is 2.48. The Morgan fingerprint density at radius 2 is 1.84 bits per heavy atom. The molecule has 1 saturated carbocycles. The van der Waals surface area contributed by atoms with Gasteiger partial charge in [-0.3, -0.25) is 4.79 Å². The summed E-state index contributed by atoms with van der Waals surface area (Å²) in [5, 5.41) is 0. The van der Waals surface area contributed by atoms with E-state index in [1.54, 1.807) is 20.3 Å². The van der Waals surface area contributed by atoms with Crippen LogP contribution >= 0.6 is 0 Å². The number of carbonyl (C=O) groups is 2. The van der Waals surface area contributed by atoms with Gasteiger partial charge >= 0.3 is 11.9 Å². The zero-order valence-corrected chi connectivity index (χ0v) is 18.0. The van der Waals surface area contributed by atoms with E-state index >= 15 is 0 Å². The molecule has 1 heterocycles. The first-order chi connectivity index (χ1) is 15.0. The third kappa shape index (κ3) is 4.17. The number of hydrogen-bond donors (Lipinski definition) is 0. The molecule has 31 heavy (non-hydrogen) atoms. The maximum Gasteiger partial charge on any atom is 0.338 e. The first-order valence-electron chi connectivity index (χ1n) is 10.4. The average molecular weight is 426 g/mol. The molecule has 0 saturated heterocycles. The minimum absolute atomic E-state index is 0.204. The molecule has 7 heteroatoms. The number of esters is 2. The first-order valence-corrected chi connectivity index (χ1v) is 10.4. The van der Waals surface area contributed by atoms with E-state index in [4.69, 9.17) is 23.7 Å². The molecule has 0 aromatic heterocycles. The largest absolute Gasteiger partial charge is 0.493 e. The van der Waals surface area contributed by atoms with Crippen LogP contribution < -0.4 is 14.2 Å². The summed E-state index contributed by atoms with van der Waals surface area (Å²) >= 11 is 0. The molecule has 4 rings (SSSR count). The summed E-state index contributed by atoms with van der Waals surface area (Å²) in [6, 6.07) is 9.23. The van der Waals surface area contributed by atoms with Crippen LogP contribution in [0.5, 0.6) is 17.2 Å². The molecule has 0 unspecified atom stereocenters. The van der Waals surface area contributed by atoms with Crippen molar-refractivity contribution >= 4 is 11.9 Å². The SMILES string of the molecule is CCCC(=O)OC1(COc2c(-c3ccc4c(c3)COC4=O)ccc(OC)c2OC)CC1. The topological polar surface area (TPSA) is 80.3 Å². The molecule has 0 bridgehead atoms. The lowest BCUT2D eigenvalue weighted by Gasteiger charge is -2.21. The maximum atomic E-state index is 12.0. The summed E-state index contributed by atoms with van der Waals surface area (Å²) in [7, 11) is 3.12. The normalized spacial score (nSPS) is 15.6. The number of hydrogen-bond acceptors (Lipinski definition) is 7. The van der Waals surface area contributed by atoms with Gasteiger partial charge in [0.15, 0.2) is 11.5 Å². The van der Waals surface area contributed by atoms with Crippen LogP contribution in [-0.2, 0) is 20.9 Å². The summed E-state index contributed by atoms with van der Waals surface area (Å²) in [5.74, 6) is 0.988. The molecule has 0 atom stereocenters. The molecule has 2 aliphatic rings.